The molecule has 0 aliphatic carbocycles. The van der Waals surface area contributed by atoms with Crippen molar-refractivity contribution < 1.29 is 8.42 Å². The van der Waals surface area contributed by atoms with E-state index in [1.807, 2.05) is 51.1 Å². The number of hydrogen-bond acceptors (Lipinski definition) is 2. The SMILES string of the molecule is C=C(c1ccccc1)C(C)(C)CNS(=O)(=O)c1ccc(C)cc1. The first-order valence-electron chi connectivity index (χ1n) is 7.53. The molecule has 3 nitrogen and oxygen atoms in total. The molecule has 0 fully saturated rings. The smallest absolute Gasteiger partial charge is 0.210 e. The lowest BCUT2D eigenvalue weighted by atomic mass is 9.81. The van der Waals surface area contributed by atoms with Gasteiger partial charge in [-0.25, -0.2) is 13.1 Å². The Balaban J connectivity index is 2.12. The topological polar surface area (TPSA) is 46.2 Å². The largest absolute Gasteiger partial charge is 0.240 e. The first kappa shape index (κ1) is 17.4. The van der Waals surface area contributed by atoms with Gasteiger partial charge in [-0.1, -0.05) is 68.5 Å². The van der Waals surface area contributed by atoms with Crippen LogP contribution in [0.4, 0.5) is 0 Å². The predicted molar refractivity (Wildman–Crippen MR) is 95.6 cm³/mol. The number of sulfonamides is 1. The maximum absolute atomic E-state index is 12.4. The molecule has 0 heterocycles. The summed E-state index contributed by atoms with van der Waals surface area (Å²) in [6, 6.07) is 16.7. The van der Waals surface area contributed by atoms with Crippen LogP contribution in [0, 0.1) is 12.3 Å². The third kappa shape index (κ3) is 4.30. The third-order valence-electron chi connectivity index (χ3n) is 3.97. The Kier molecular flexibility index (Phi) is 5.07. The monoisotopic (exact) mass is 329 g/mol. The highest BCUT2D eigenvalue weighted by Gasteiger charge is 2.25. The molecular formula is C19H23NO2S. The standard InChI is InChI=1S/C19H23NO2S/c1-15-10-12-18(13-11-15)23(21,22)20-14-19(3,4)16(2)17-8-6-5-7-9-17/h5-13,20H,2,14H2,1,3-4H3. The summed E-state index contributed by atoms with van der Waals surface area (Å²) in [7, 11) is -3.52. The highest BCUT2D eigenvalue weighted by atomic mass is 32.2. The second-order valence-electron chi connectivity index (χ2n) is 6.37. The fourth-order valence-electron chi connectivity index (χ4n) is 2.21. The average Bonchev–Trinajstić information content (AvgIpc) is 2.54. The van der Waals surface area contributed by atoms with Crippen molar-refractivity contribution in [2.45, 2.75) is 25.7 Å². The van der Waals surface area contributed by atoms with Gasteiger partial charge in [0.05, 0.1) is 4.90 Å². The molecule has 0 saturated carbocycles. The van der Waals surface area contributed by atoms with Gasteiger partial charge in [-0.3, -0.25) is 0 Å². The third-order valence-corrected chi connectivity index (χ3v) is 5.39. The summed E-state index contributed by atoms with van der Waals surface area (Å²) < 4.78 is 27.5. The minimum Gasteiger partial charge on any atom is -0.210 e. The minimum atomic E-state index is -3.52. The van der Waals surface area contributed by atoms with Crippen molar-refractivity contribution in [1.82, 2.24) is 4.72 Å². The molecule has 0 unspecified atom stereocenters. The molecule has 1 N–H and O–H groups in total. The summed E-state index contributed by atoms with van der Waals surface area (Å²) in [4.78, 5) is 0.282. The molecule has 0 radical (unpaired) electrons. The molecule has 0 aromatic heterocycles. The molecule has 0 amide bonds. The van der Waals surface area contributed by atoms with E-state index < -0.39 is 10.0 Å². The normalized spacial score (nSPS) is 12.1. The number of nitrogens with one attached hydrogen (secondary N) is 1. The number of aryl methyl sites for hydroxylation is 1. The molecule has 0 saturated heterocycles. The van der Waals surface area contributed by atoms with Crippen LogP contribution in [0.1, 0.15) is 25.0 Å². The van der Waals surface area contributed by atoms with Gasteiger partial charge in [0.1, 0.15) is 0 Å². The van der Waals surface area contributed by atoms with Gasteiger partial charge in [0.2, 0.25) is 10.0 Å². The molecule has 0 aliphatic heterocycles. The van der Waals surface area contributed by atoms with Crippen molar-refractivity contribution in [3.05, 3.63) is 72.3 Å². The lowest BCUT2D eigenvalue weighted by Crippen LogP contribution is -2.34. The van der Waals surface area contributed by atoms with E-state index in [0.29, 0.717) is 0 Å². The van der Waals surface area contributed by atoms with Crippen LogP contribution in [-0.4, -0.2) is 15.0 Å². The van der Waals surface area contributed by atoms with E-state index in [1.54, 1.807) is 24.3 Å². The molecule has 2 rings (SSSR count). The summed E-state index contributed by atoms with van der Waals surface area (Å²) in [6.45, 7) is 10.3. The quantitative estimate of drug-likeness (QED) is 0.870. The number of rotatable bonds is 6. The summed E-state index contributed by atoms with van der Waals surface area (Å²) >= 11 is 0. The summed E-state index contributed by atoms with van der Waals surface area (Å²) in [5.41, 5.74) is 2.57. The maximum Gasteiger partial charge on any atom is 0.240 e. The Labute approximate surface area is 139 Å². The van der Waals surface area contributed by atoms with E-state index in [2.05, 4.69) is 11.3 Å². The molecule has 23 heavy (non-hydrogen) atoms. The Hall–Kier alpha value is -1.91. The van der Waals surface area contributed by atoms with E-state index in [-0.39, 0.29) is 16.9 Å². The van der Waals surface area contributed by atoms with E-state index in [9.17, 15) is 8.42 Å². The van der Waals surface area contributed by atoms with Crippen molar-refractivity contribution in [2.75, 3.05) is 6.54 Å². The Morgan fingerprint density at radius 2 is 1.61 bits per heavy atom. The van der Waals surface area contributed by atoms with E-state index in [1.165, 1.54) is 0 Å². The van der Waals surface area contributed by atoms with Crippen LogP contribution in [0.3, 0.4) is 0 Å². The Morgan fingerprint density at radius 1 is 1.04 bits per heavy atom. The van der Waals surface area contributed by atoms with Crippen molar-refractivity contribution in [3.63, 3.8) is 0 Å². The van der Waals surface area contributed by atoms with Crippen LogP contribution >= 0.6 is 0 Å². The molecule has 0 aliphatic rings. The van der Waals surface area contributed by atoms with Crippen LogP contribution in [-0.2, 0) is 10.0 Å². The summed E-state index contributed by atoms with van der Waals surface area (Å²) in [5, 5.41) is 0. The van der Waals surface area contributed by atoms with E-state index in [4.69, 9.17) is 0 Å². The van der Waals surface area contributed by atoms with Gasteiger partial charge in [-0.2, -0.15) is 0 Å². The fourth-order valence-corrected chi connectivity index (χ4v) is 3.42. The van der Waals surface area contributed by atoms with E-state index in [0.717, 1.165) is 16.7 Å². The van der Waals surface area contributed by atoms with Gasteiger partial charge in [-0.05, 0) is 30.2 Å². The molecule has 0 bridgehead atoms. The summed E-state index contributed by atoms with van der Waals surface area (Å²) in [5.74, 6) is 0. The number of benzene rings is 2. The lowest BCUT2D eigenvalue weighted by molar-refractivity contribution is 0.483. The zero-order valence-corrected chi connectivity index (χ0v) is 14.7. The van der Waals surface area contributed by atoms with Crippen molar-refractivity contribution >= 4 is 15.6 Å². The number of hydrogen-bond donors (Lipinski definition) is 1. The first-order valence-corrected chi connectivity index (χ1v) is 9.02. The van der Waals surface area contributed by atoms with Crippen LogP contribution in [0.15, 0.2) is 66.1 Å². The lowest BCUT2D eigenvalue weighted by Gasteiger charge is -2.28. The molecule has 122 valence electrons. The van der Waals surface area contributed by atoms with Gasteiger partial charge in [-0.15, -0.1) is 0 Å². The highest BCUT2D eigenvalue weighted by molar-refractivity contribution is 7.89. The predicted octanol–water partition coefficient (Wildman–Crippen LogP) is 4.01. The van der Waals surface area contributed by atoms with Crippen molar-refractivity contribution in [2.24, 2.45) is 5.41 Å². The van der Waals surface area contributed by atoms with Gasteiger partial charge >= 0.3 is 0 Å². The first-order chi connectivity index (χ1) is 10.7. The van der Waals surface area contributed by atoms with Crippen molar-refractivity contribution in [3.8, 4) is 0 Å². The second kappa shape index (κ2) is 6.69. The van der Waals surface area contributed by atoms with Gasteiger partial charge in [0.15, 0.2) is 0 Å². The Morgan fingerprint density at radius 3 is 2.17 bits per heavy atom. The average molecular weight is 329 g/mol. The van der Waals surface area contributed by atoms with Crippen LogP contribution in [0.25, 0.3) is 5.57 Å². The maximum atomic E-state index is 12.4. The van der Waals surface area contributed by atoms with Gasteiger partial charge < -0.3 is 0 Å². The van der Waals surface area contributed by atoms with Crippen LogP contribution < -0.4 is 4.72 Å². The molecule has 0 spiro atoms. The summed E-state index contributed by atoms with van der Waals surface area (Å²) in [6.07, 6.45) is 0. The molecular weight excluding hydrogens is 306 g/mol. The Bertz CT molecular complexity index is 776. The van der Waals surface area contributed by atoms with Gasteiger partial charge in [0.25, 0.3) is 0 Å². The zero-order chi connectivity index (χ0) is 17.1. The van der Waals surface area contributed by atoms with Crippen LogP contribution in [0.2, 0.25) is 0 Å². The second-order valence-corrected chi connectivity index (χ2v) is 8.13. The molecule has 2 aromatic carbocycles. The zero-order valence-electron chi connectivity index (χ0n) is 13.8. The van der Waals surface area contributed by atoms with Crippen molar-refractivity contribution in [1.29, 1.82) is 0 Å². The minimum absolute atomic E-state index is 0.282. The van der Waals surface area contributed by atoms with Crippen LogP contribution in [0.5, 0.6) is 0 Å². The molecule has 0 atom stereocenters. The van der Waals surface area contributed by atoms with Gasteiger partial charge in [0, 0.05) is 12.0 Å². The highest BCUT2D eigenvalue weighted by Crippen LogP contribution is 2.32. The molecule has 4 heteroatoms. The fraction of sp³-hybridized carbons (Fsp3) is 0.263. The molecule has 2 aromatic rings. The van der Waals surface area contributed by atoms with E-state index >= 15 is 0 Å².